The molecule has 0 aliphatic heterocycles. The molecule has 0 unspecified atom stereocenters. The van der Waals surface area contributed by atoms with E-state index < -0.39 is 0 Å². The van der Waals surface area contributed by atoms with Crippen molar-refractivity contribution in [2.75, 3.05) is 5.32 Å². The van der Waals surface area contributed by atoms with Crippen LogP contribution >= 0.6 is 15.9 Å². The normalized spacial score (nSPS) is 17.1. The quantitative estimate of drug-likeness (QED) is 0.904. The van der Waals surface area contributed by atoms with E-state index in [4.69, 9.17) is 0 Å². The summed E-state index contributed by atoms with van der Waals surface area (Å²) in [6.07, 6.45) is 7.33. The summed E-state index contributed by atoms with van der Waals surface area (Å²) >= 11 is 3.31. The number of hydrogen-bond donors (Lipinski definition) is 1. The highest BCUT2D eigenvalue weighted by Gasteiger charge is 2.21. The Hall–Kier alpha value is -0.900. The number of aromatic nitrogens is 1. The maximum Gasteiger partial charge on any atom is 0.228 e. The number of pyridine rings is 1. The molecule has 3 nitrogen and oxygen atoms in total. The second-order valence-electron chi connectivity index (χ2n) is 4.19. The lowest BCUT2D eigenvalue weighted by atomic mass is 9.89. The minimum Gasteiger partial charge on any atom is -0.310 e. The zero-order valence-electron chi connectivity index (χ0n) is 9.08. The van der Waals surface area contributed by atoms with Crippen LogP contribution in [0.2, 0.25) is 0 Å². The predicted molar refractivity (Wildman–Crippen MR) is 67.1 cm³/mol. The molecule has 0 radical (unpaired) electrons. The number of anilines is 1. The fourth-order valence-electron chi connectivity index (χ4n) is 2.04. The van der Waals surface area contributed by atoms with E-state index in [9.17, 15) is 4.79 Å². The van der Waals surface area contributed by atoms with E-state index >= 15 is 0 Å². The lowest BCUT2D eigenvalue weighted by Gasteiger charge is -2.20. The minimum atomic E-state index is 0.120. The third kappa shape index (κ3) is 3.04. The Bertz CT molecular complexity index is 358. The van der Waals surface area contributed by atoms with Gasteiger partial charge in [-0.3, -0.25) is 4.79 Å². The lowest BCUT2D eigenvalue weighted by molar-refractivity contribution is -0.120. The first-order chi connectivity index (χ1) is 7.75. The second kappa shape index (κ2) is 5.43. The van der Waals surface area contributed by atoms with Gasteiger partial charge in [-0.1, -0.05) is 19.3 Å². The molecule has 0 bridgehead atoms. The highest BCUT2D eigenvalue weighted by molar-refractivity contribution is 9.10. The van der Waals surface area contributed by atoms with Gasteiger partial charge in [0.2, 0.25) is 5.91 Å². The van der Waals surface area contributed by atoms with Gasteiger partial charge in [0.25, 0.3) is 0 Å². The summed E-state index contributed by atoms with van der Waals surface area (Å²) in [5.74, 6) is 0.937. The van der Waals surface area contributed by atoms with Crippen molar-refractivity contribution in [3.63, 3.8) is 0 Å². The maximum absolute atomic E-state index is 11.9. The van der Waals surface area contributed by atoms with Crippen molar-refractivity contribution in [2.24, 2.45) is 5.92 Å². The molecule has 16 heavy (non-hydrogen) atoms. The van der Waals surface area contributed by atoms with Gasteiger partial charge in [0.05, 0.1) is 0 Å². The van der Waals surface area contributed by atoms with Crippen LogP contribution in [0.4, 0.5) is 5.82 Å². The average molecular weight is 283 g/mol. The molecule has 1 aliphatic rings. The van der Waals surface area contributed by atoms with Crippen molar-refractivity contribution in [2.45, 2.75) is 32.1 Å². The molecule has 1 aromatic rings. The Kier molecular flexibility index (Phi) is 3.93. The van der Waals surface area contributed by atoms with E-state index in [-0.39, 0.29) is 11.8 Å². The summed E-state index contributed by atoms with van der Waals surface area (Å²) in [7, 11) is 0. The van der Waals surface area contributed by atoms with Crippen LogP contribution in [0.25, 0.3) is 0 Å². The Morgan fingerprint density at radius 2 is 2.06 bits per heavy atom. The van der Waals surface area contributed by atoms with Crippen LogP contribution in [0.3, 0.4) is 0 Å². The third-order valence-electron chi connectivity index (χ3n) is 2.95. The fourth-order valence-corrected chi connectivity index (χ4v) is 2.28. The van der Waals surface area contributed by atoms with Crippen LogP contribution < -0.4 is 5.32 Å². The minimum absolute atomic E-state index is 0.120. The summed E-state index contributed by atoms with van der Waals surface area (Å²) in [6, 6.07) is 3.69. The first-order valence-electron chi connectivity index (χ1n) is 5.68. The molecule has 1 aliphatic carbocycles. The van der Waals surface area contributed by atoms with Crippen LogP contribution in [0.1, 0.15) is 32.1 Å². The summed E-state index contributed by atoms with van der Waals surface area (Å²) in [6.45, 7) is 0. The van der Waals surface area contributed by atoms with Crippen LogP contribution in [0, 0.1) is 5.92 Å². The summed E-state index contributed by atoms with van der Waals surface area (Å²) < 4.78 is 0.920. The molecule has 1 N–H and O–H groups in total. The molecule has 86 valence electrons. The molecule has 1 saturated carbocycles. The predicted octanol–water partition coefficient (Wildman–Crippen LogP) is 3.36. The number of nitrogens with zero attached hydrogens (tertiary/aromatic N) is 1. The molecule has 1 fully saturated rings. The maximum atomic E-state index is 11.9. The van der Waals surface area contributed by atoms with Gasteiger partial charge in [-0.2, -0.15) is 0 Å². The van der Waals surface area contributed by atoms with Crippen LogP contribution in [0.15, 0.2) is 22.8 Å². The number of hydrogen-bond acceptors (Lipinski definition) is 2. The SMILES string of the molecule is O=C(Nc1ccc(Br)cn1)C1CCCCC1. The van der Waals surface area contributed by atoms with Crippen molar-refractivity contribution in [3.05, 3.63) is 22.8 Å². The first-order valence-corrected chi connectivity index (χ1v) is 6.47. The van der Waals surface area contributed by atoms with E-state index in [1.165, 1.54) is 19.3 Å². The average Bonchev–Trinajstić information content (AvgIpc) is 2.33. The van der Waals surface area contributed by atoms with Crippen LogP contribution in [-0.4, -0.2) is 10.9 Å². The van der Waals surface area contributed by atoms with Gasteiger partial charge in [-0.15, -0.1) is 0 Å². The summed E-state index contributed by atoms with van der Waals surface area (Å²) in [5.41, 5.74) is 0. The number of carbonyl (C=O) groups is 1. The standard InChI is InChI=1S/C12H15BrN2O/c13-10-6-7-11(14-8-10)15-12(16)9-4-2-1-3-5-9/h6-9H,1-5H2,(H,14,15,16). The third-order valence-corrected chi connectivity index (χ3v) is 3.42. The van der Waals surface area contributed by atoms with Gasteiger partial charge < -0.3 is 5.32 Å². The number of amides is 1. The highest BCUT2D eigenvalue weighted by atomic mass is 79.9. The van der Waals surface area contributed by atoms with Crippen molar-refractivity contribution >= 4 is 27.7 Å². The number of rotatable bonds is 2. The van der Waals surface area contributed by atoms with Crippen molar-refractivity contribution in [1.29, 1.82) is 0 Å². The van der Waals surface area contributed by atoms with E-state index in [2.05, 4.69) is 26.2 Å². The van der Waals surface area contributed by atoms with Crippen LogP contribution in [-0.2, 0) is 4.79 Å². The number of carbonyl (C=O) groups excluding carboxylic acids is 1. The first kappa shape index (κ1) is 11.6. The van der Waals surface area contributed by atoms with Gasteiger partial charge in [0, 0.05) is 16.6 Å². The fraction of sp³-hybridized carbons (Fsp3) is 0.500. The van der Waals surface area contributed by atoms with Crippen molar-refractivity contribution in [1.82, 2.24) is 4.98 Å². The van der Waals surface area contributed by atoms with Crippen molar-refractivity contribution < 1.29 is 4.79 Å². The Labute approximate surface area is 104 Å². The summed E-state index contributed by atoms with van der Waals surface area (Å²) in [4.78, 5) is 16.0. The second-order valence-corrected chi connectivity index (χ2v) is 5.10. The van der Waals surface area contributed by atoms with E-state index in [0.29, 0.717) is 5.82 Å². The molecule has 2 rings (SSSR count). The van der Waals surface area contributed by atoms with E-state index in [0.717, 1.165) is 17.3 Å². The van der Waals surface area contributed by atoms with Crippen LogP contribution in [0.5, 0.6) is 0 Å². The van der Waals surface area contributed by atoms with Gasteiger partial charge in [-0.05, 0) is 40.9 Å². The monoisotopic (exact) mass is 282 g/mol. The Balaban J connectivity index is 1.93. The topological polar surface area (TPSA) is 42.0 Å². The molecule has 0 spiro atoms. The summed E-state index contributed by atoms with van der Waals surface area (Å²) in [5, 5.41) is 2.87. The molecule has 4 heteroatoms. The molecular formula is C12H15BrN2O. The smallest absolute Gasteiger partial charge is 0.228 e. The van der Waals surface area contributed by atoms with Gasteiger partial charge in [0.15, 0.2) is 0 Å². The van der Waals surface area contributed by atoms with Gasteiger partial charge in [-0.25, -0.2) is 4.98 Å². The number of nitrogens with one attached hydrogen (secondary N) is 1. The molecule has 0 atom stereocenters. The van der Waals surface area contributed by atoms with Gasteiger partial charge >= 0.3 is 0 Å². The Morgan fingerprint density at radius 1 is 1.31 bits per heavy atom. The lowest BCUT2D eigenvalue weighted by Crippen LogP contribution is -2.25. The molecule has 1 heterocycles. The molecule has 1 amide bonds. The largest absolute Gasteiger partial charge is 0.310 e. The van der Waals surface area contributed by atoms with Gasteiger partial charge in [0.1, 0.15) is 5.82 Å². The molecular weight excluding hydrogens is 268 g/mol. The van der Waals surface area contributed by atoms with Crippen molar-refractivity contribution in [3.8, 4) is 0 Å². The molecule has 1 aromatic heterocycles. The van der Waals surface area contributed by atoms with E-state index in [1.54, 1.807) is 6.20 Å². The zero-order valence-corrected chi connectivity index (χ0v) is 10.7. The van der Waals surface area contributed by atoms with E-state index in [1.807, 2.05) is 12.1 Å². The highest BCUT2D eigenvalue weighted by Crippen LogP contribution is 2.24. The molecule has 0 saturated heterocycles. The Morgan fingerprint density at radius 3 is 2.69 bits per heavy atom. The zero-order chi connectivity index (χ0) is 11.4. The molecule has 0 aromatic carbocycles. The number of halogens is 1.